The van der Waals surface area contributed by atoms with Gasteiger partial charge in [0.15, 0.2) is 6.23 Å². The second-order valence-corrected chi connectivity index (χ2v) is 30.0. The fraction of sp³-hybridized carbons (Fsp3) is 0.667. The van der Waals surface area contributed by atoms with Crippen LogP contribution < -0.4 is 16.0 Å². The van der Waals surface area contributed by atoms with Gasteiger partial charge in [-0.15, -0.1) is 0 Å². The maximum atomic E-state index is 16.4. The fourth-order valence-electron chi connectivity index (χ4n) is 13.2. The number of aliphatic hydroxyl groups is 1. The molecule has 99 heavy (non-hydrogen) atoms. The lowest BCUT2D eigenvalue weighted by Crippen LogP contribution is -2.64. The minimum atomic E-state index is -1.75. The Morgan fingerprint density at radius 3 is 1.41 bits per heavy atom. The van der Waals surface area contributed by atoms with Crippen molar-refractivity contribution in [2.45, 2.75) is 229 Å². The standard InChI is InChI=1S/C75H119N11O13/c1-25-26-30-48(14)64(88)63-74(98)86-62(51(17)99-75(86)54-35-33-53(34-36-54)52-31-28-27-29-32-52)72(96)79(18)41-59(87)80(19)55(37-42(2)3)67(91)78-60(46(10)11)71(95)81(20)56(38-43(4)5)66(90)76-49(15)65(89)77-50(16)68(92)82(21)57(39-44(6)7)69(93)83(22)58(40-45(8)9)70(94)84(23)61(47(12)13)73(97)85(63)24/h25-29,31-36,42-51,55-58,60-64,75,88H,30,37-41H2,1-24H3,(H,76,90)(H,77,89)(H,78,91)/b26-25+/t48-,49+,50-,51+,55+,56+,57+,58+,60+,61+,62-,63+,64-,75-/m1/s1. The molecule has 0 saturated carbocycles. The van der Waals surface area contributed by atoms with E-state index >= 15 is 24.0 Å². The van der Waals surface area contributed by atoms with Crippen LogP contribution in [0.4, 0.5) is 0 Å². The monoisotopic (exact) mass is 1380 g/mol. The number of carbonyl (C=O) groups excluding carboxylic acids is 11. The van der Waals surface area contributed by atoms with Crippen molar-refractivity contribution in [3.63, 3.8) is 0 Å². The second kappa shape index (κ2) is 37.1. The first kappa shape index (κ1) is 83.7. The second-order valence-electron chi connectivity index (χ2n) is 30.0. The zero-order chi connectivity index (χ0) is 75.1. The molecule has 4 rings (SSSR count). The van der Waals surface area contributed by atoms with E-state index in [4.69, 9.17) is 4.74 Å². The van der Waals surface area contributed by atoms with Crippen LogP contribution in [0.15, 0.2) is 66.7 Å². The molecule has 2 aliphatic heterocycles. The number of aliphatic hydroxyl groups excluding tert-OH is 1. The maximum Gasteiger partial charge on any atom is 0.251 e. The topological polar surface area (TPSA) is 279 Å². The Labute approximate surface area is 589 Å². The molecule has 24 nitrogen and oxygen atoms in total. The van der Waals surface area contributed by atoms with Crippen molar-refractivity contribution in [3.8, 4) is 11.1 Å². The number of hydrogen-bond acceptors (Lipinski definition) is 13. The van der Waals surface area contributed by atoms with Gasteiger partial charge in [-0.2, -0.15) is 0 Å². The number of nitrogens with zero attached hydrogens (tertiary/aromatic N) is 8. The van der Waals surface area contributed by atoms with Gasteiger partial charge >= 0.3 is 0 Å². The molecule has 552 valence electrons. The highest BCUT2D eigenvalue weighted by molar-refractivity contribution is 6.00. The van der Waals surface area contributed by atoms with E-state index in [1.807, 2.05) is 111 Å². The van der Waals surface area contributed by atoms with Crippen LogP contribution >= 0.6 is 0 Å². The van der Waals surface area contributed by atoms with Crippen molar-refractivity contribution < 1.29 is 62.6 Å². The molecule has 14 atom stereocenters. The largest absolute Gasteiger partial charge is 0.390 e. The summed E-state index contributed by atoms with van der Waals surface area (Å²) in [5.41, 5.74) is 2.19. The van der Waals surface area contributed by atoms with Crippen molar-refractivity contribution in [1.29, 1.82) is 0 Å². The molecule has 2 aliphatic rings. The molecule has 2 saturated heterocycles. The van der Waals surface area contributed by atoms with Crippen LogP contribution in [0.5, 0.6) is 0 Å². The lowest BCUT2D eigenvalue weighted by atomic mass is 9.90. The first-order valence-corrected chi connectivity index (χ1v) is 35.3. The Bertz CT molecular complexity index is 3140. The van der Waals surface area contributed by atoms with Gasteiger partial charge in [0.2, 0.25) is 59.1 Å². The van der Waals surface area contributed by atoms with E-state index < -0.39 is 168 Å². The number of hydrogen-bond donors (Lipinski definition) is 4. The lowest BCUT2D eigenvalue weighted by Gasteiger charge is -2.43. The fourth-order valence-corrected chi connectivity index (χ4v) is 13.2. The summed E-state index contributed by atoms with van der Waals surface area (Å²) in [5, 5.41) is 21.1. The van der Waals surface area contributed by atoms with E-state index in [-0.39, 0.29) is 55.8 Å². The Morgan fingerprint density at radius 1 is 0.475 bits per heavy atom. The molecular weight excluding hydrogens is 1260 g/mol. The molecular formula is C75H119N11O13. The van der Waals surface area contributed by atoms with Crippen molar-refractivity contribution >= 4 is 65.0 Å². The molecule has 2 heterocycles. The summed E-state index contributed by atoms with van der Waals surface area (Å²) in [6.07, 6.45) is 0.389. The van der Waals surface area contributed by atoms with Gasteiger partial charge in [-0.25, -0.2) is 0 Å². The van der Waals surface area contributed by atoms with Crippen LogP contribution in [0, 0.1) is 41.4 Å². The Hall–Kier alpha value is -7.73. The normalized spacial score (nSPS) is 26.9. The summed E-state index contributed by atoms with van der Waals surface area (Å²) in [5.74, 6) is -10.3. The predicted molar refractivity (Wildman–Crippen MR) is 382 cm³/mol. The minimum Gasteiger partial charge on any atom is -0.390 e. The highest BCUT2D eigenvalue weighted by Gasteiger charge is 2.54. The Morgan fingerprint density at radius 2 is 0.919 bits per heavy atom. The van der Waals surface area contributed by atoms with Gasteiger partial charge in [0.1, 0.15) is 60.4 Å². The molecule has 4 N–H and O–H groups in total. The van der Waals surface area contributed by atoms with E-state index in [9.17, 15) is 33.9 Å². The number of ether oxygens (including phenoxy) is 1. The average molecular weight is 1380 g/mol. The number of allylic oxidation sites excluding steroid dienone is 2. The number of benzene rings is 2. The lowest BCUT2D eigenvalue weighted by molar-refractivity contribution is -0.162. The van der Waals surface area contributed by atoms with Gasteiger partial charge in [-0.1, -0.05) is 157 Å². The van der Waals surface area contributed by atoms with Gasteiger partial charge in [-0.05, 0) is 112 Å². The SMILES string of the molecule is C/C=C/C[C@@H](C)[C@@H](O)[C@H]1C(=O)N2[C@@H](c3ccc(-c4ccccc4)cc3)O[C@@H](C)[C@@H]2C(=O)N(C)CC(=O)N(C)[C@@H](CC(C)C)C(=O)N[C@@H](C(C)C)C(=O)N(C)[C@@H](CC(C)C)C(=O)N[C@@H](C)C(=O)N[C@H](C)C(=O)N(C)[C@@H](CC(C)C)C(=O)N(C)[C@@H](CC(C)C)C(=O)N(C)[C@@H](C(C)C)C(=O)N1C. The number of nitrogens with one attached hydrogen (secondary N) is 3. The molecule has 0 aromatic heterocycles. The molecule has 11 amide bonds. The van der Waals surface area contributed by atoms with Crippen LogP contribution in [0.25, 0.3) is 11.1 Å². The van der Waals surface area contributed by atoms with E-state index in [0.29, 0.717) is 5.56 Å². The summed E-state index contributed by atoms with van der Waals surface area (Å²) in [4.78, 5) is 176. The highest BCUT2D eigenvalue weighted by Crippen LogP contribution is 2.39. The molecule has 2 fully saturated rings. The molecule has 0 spiro atoms. The number of rotatable bonds is 16. The van der Waals surface area contributed by atoms with Crippen molar-refractivity contribution in [2.24, 2.45) is 41.4 Å². The van der Waals surface area contributed by atoms with Gasteiger partial charge in [-0.3, -0.25) is 57.6 Å². The minimum absolute atomic E-state index is 0.116. The van der Waals surface area contributed by atoms with E-state index in [2.05, 4.69) is 16.0 Å². The smallest absolute Gasteiger partial charge is 0.251 e. The first-order valence-electron chi connectivity index (χ1n) is 35.3. The molecule has 2 aromatic rings. The van der Waals surface area contributed by atoms with E-state index in [1.165, 1.54) is 92.6 Å². The van der Waals surface area contributed by atoms with Crippen molar-refractivity contribution in [1.82, 2.24) is 55.1 Å². The summed E-state index contributed by atoms with van der Waals surface area (Å²) in [6.45, 7) is 29.3. The molecule has 0 unspecified atom stereocenters. The molecule has 0 aliphatic carbocycles. The zero-order valence-corrected chi connectivity index (χ0v) is 63.6. The van der Waals surface area contributed by atoms with Crippen LogP contribution in [0.2, 0.25) is 0 Å². The van der Waals surface area contributed by atoms with E-state index in [1.54, 1.807) is 59.8 Å². The van der Waals surface area contributed by atoms with Crippen LogP contribution in [0.1, 0.15) is 162 Å². The van der Waals surface area contributed by atoms with Gasteiger partial charge < -0.3 is 60.1 Å². The first-order chi connectivity index (χ1) is 46.1. The third-order valence-electron chi connectivity index (χ3n) is 19.2. The number of carbonyl (C=O) groups is 11. The molecule has 24 heteroatoms. The van der Waals surface area contributed by atoms with Gasteiger partial charge in [0.05, 0.1) is 18.8 Å². The van der Waals surface area contributed by atoms with Crippen LogP contribution in [-0.2, 0) is 57.5 Å². The third kappa shape index (κ3) is 21.2. The van der Waals surface area contributed by atoms with Crippen LogP contribution in [0.3, 0.4) is 0 Å². The summed E-state index contributed by atoms with van der Waals surface area (Å²) < 4.78 is 6.70. The third-order valence-corrected chi connectivity index (χ3v) is 19.2. The Kier molecular flexibility index (Phi) is 31.4. The van der Waals surface area contributed by atoms with Gasteiger partial charge in [0, 0.05) is 54.9 Å². The van der Waals surface area contributed by atoms with Crippen molar-refractivity contribution in [2.75, 3.05) is 55.9 Å². The summed E-state index contributed by atoms with van der Waals surface area (Å²) >= 11 is 0. The zero-order valence-electron chi connectivity index (χ0n) is 63.6. The molecule has 0 radical (unpaired) electrons. The molecule has 0 bridgehead atoms. The predicted octanol–water partition coefficient (Wildman–Crippen LogP) is 6.36. The number of amides is 11. The molecule has 2 aromatic carbocycles. The van der Waals surface area contributed by atoms with Crippen molar-refractivity contribution in [3.05, 3.63) is 72.3 Å². The summed E-state index contributed by atoms with van der Waals surface area (Å²) in [6, 6.07) is 3.83. The quantitative estimate of drug-likeness (QED) is 0.133. The number of fused-ring (bicyclic) bond motifs is 1. The van der Waals surface area contributed by atoms with Gasteiger partial charge in [0.25, 0.3) is 5.91 Å². The highest BCUT2D eigenvalue weighted by atomic mass is 16.5. The average Bonchev–Trinajstić information content (AvgIpc) is 1.65. The Balaban J connectivity index is 2.05. The van der Waals surface area contributed by atoms with Crippen LogP contribution in [-0.4, -0.2) is 238 Å². The van der Waals surface area contributed by atoms with E-state index in [0.717, 1.165) is 20.9 Å². The summed E-state index contributed by atoms with van der Waals surface area (Å²) in [7, 11) is 9.98. The number of likely N-dealkylation sites (N-methyl/N-ethyl adjacent to an activating group) is 7. The maximum absolute atomic E-state index is 16.4.